The fourth-order valence-electron chi connectivity index (χ4n) is 1.46. The molecule has 2 rings (SSSR count). The Labute approximate surface area is 93.7 Å². The van der Waals surface area contributed by atoms with Crippen LogP contribution in [-0.4, -0.2) is 18.4 Å². The molecule has 0 spiro atoms. The van der Waals surface area contributed by atoms with Crippen molar-refractivity contribution in [3.8, 4) is 17.0 Å². The van der Waals surface area contributed by atoms with Crippen molar-refractivity contribution >= 4 is 6.29 Å². The van der Waals surface area contributed by atoms with Gasteiger partial charge < -0.3 is 4.74 Å². The summed E-state index contributed by atoms with van der Waals surface area (Å²) in [5.74, 6) is 0.774. The summed E-state index contributed by atoms with van der Waals surface area (Å²) in [6, 6.07) is 12.9. The molecular weight excluding hydrogens is 202 g/mol. The van der Waals surface area contributed by atoms with E-state index in [0.717, 1.165) is 23.3 Å². The normalized spacial score (nSPS) is 9.81. The quantitative estimate of drug-likeness (QED) is 0.735. The van der Waals surface area contributed by atoms with E-state index in [9.17, 15) is 4.79 Å². The molecular formula is C13H11NO2. The van der Waals surface area contributed by atoms with Gasteiger partial charge in [-0.25, -0.2) is 4.98 Å². The Morgan fingerprint density at radius 2 is 2.00 bits per heavy atom. The Bertz CT molecular complexity index is 509. The molecule has 1 heterocycles. The maximum absolute atomic E-state index is 10.6. The minimum Gasteiger partial charge on any atom is -0.497 e. The molecule has 0 fully saturated rings. The van der Waals surface area contributed by atoms with Crippen LogP contribution in [0.1, 0.15) is 10.5 Å². The van der Waals surface area contributed by atoms with Crippen LogP contribution in [0.5, 0.6) is 5.75 Å². The van der Waals surface area contributed by atoms with E-state index in [0.29, 0.717) is 5.69 Å². The van der Waals surface area contributed by atoms with Crippen LogP contribution in [0.25, 0.3) is 11.3 Å². The Morgan fingerprint density at radius 1 is 1.19 bits per heavy atom. The highest BCUT2D eigenvalue weighted by atomic mass is 16.5. The average Bonchev–Trinajstić information content (AvgIpc) is 2.39. The van der Waals surface area contributed by atoms with Gasteiger partial charge in [-0.2, -0.15) is 0 Å². The molecule has 0 saturated heterocycles. The molecule has 0 N–H and O–H groups in total. The van der Waals surface area contributed by atoms with E-state index in [2.05, 4.69) is 4.98 Å². The first-order valence-electron chi connectivity index (χ1n) is 4.90. The van der Waals surface area contributed by atoms with Gasteiger partial charge in [0.05, 0.1) is 12.8 Å². The van der Waals surface area contributed by atoms with E-state index < -0.39 is 0 Å². The Hall–Kier alpha value is -2.16. The average molecular weight is 213 g/mol. The third kappa shape index (κ3) is 2.08. The van der Waals surface area contributed by atoms with Crippen molar-refractivity contribution in [1.29, 1.82) is 0 Å². The first-order chi connectivity index (χ1) is 7.83. The Morgan fingerprint density at radius 3 is 2.75 bits per heavy atom. The number of pyridine rings is 1. The molecule has 0 unspecified atom stereocenters. The third-order valence-electron chi connectivity index (χ3n) is 2.26. The summed E-state index contributed by atoms with van der Waals surface area (Å²) in [4.78, 5) is 14.8. The lowest BCUT2D eigenvalue weighted by molar-refractivity contribution is 0.111. The molecule has 0 aliphatic rings. The molecule has 1 aromatic carbocycles. The lowest BCUT2D eigenvalue weighted by Crippen LogP contribution is -1.90. The highest BCUT2D eigenvalue weighted by Gasteiger charge is 2.01. The van der Waals surface area contributed by atoms with Crippen molar-refractivity contribution in [3.63, 3.8) is 0 Å². The van der Waals surface area contributed by atoms with Crippen LogP contribution in [0.15, 0.2) is 42.5 Å². The van der Waals surface area contributed by atoms with Gasteiger partial charge in [-0.05, 0) is 24.3 Å². The predicted octanol–water partition coefficient (Wildman–Crippen LogP) is 2.57. The molecule has 2 aromatic rings. The van der Waals surface area contributed by atoms with Crippen LogP contribution in [0.4, 0.5) is 0 Å². The Kier molecular flexibility index (Phi) is 2.96. The van der Waals surface area contributed by atoms with Gasteiger partial charge in [-0.15, -0.1) is 0 Å². The Balaban J connectivity index is 2.45. The molecule has 0 aliphatic carbocycles. The standard InChI is InChI=1S/C13H11NO2/c1-16-12-6-2-4-10(8-12)13-7-3-5-11(9-15)14-13/h2-9H,1H3. The molecule has 0 aliphatic heterocycles. The summed E-state index contributed by atoms with van der Waals surface area (Å²) in [5, 5.41) is 0. The van der Waals surface area contributed by atoms with E-state index in [1.54, 1.807) is 13.2 Å². The van der Waals surface area contributed by atoms with E-state index >= 15 is 0 Å². The van der Waals surface area contributed by atoms with Gasteiger partial charge in [0.1, 0.15) is 11.4 Å². The minimum atomic E-state index is 0.431. The molecule has 1 aromatic heterocycles. The summed E-state index contributed by atoms with van der Waals surface area (Å²) in [7, 11) is 1.62. The zero-order valence-electron chi connectivity index (χ0n) is 8.88. The van der Waals surface area contributed by atoms with Gasteiger partial charge in [0, 0.05) is 5.56 Å². The monoisotopic (exact) mass is 213 g/mol. The summed E-state index contributed by atoms with van der Waals surface area (Å²) < 4.78 is 5.14. The van der Waals surface area contributed by atoms with Crippen molar-refractivity contribution in [1.82, 2.24) is 4.98 Å². The van der Waals surface area contributed by atoms with Crippen LogP contribution >= 0.6 is 0 Å². The van der Waals surface area contributed by atoms with Crippen LogP contribution < -0.4 is 4.74 Å². The van der Waals surface area contributed by atoms with E-state index in [1.165, 1.54) is 0 Å². The predicted molar refractivity (Wildman–Crippen MR) is 61.6 cm³/mol. The van der Waals surface area contributed by atoms with Gasteiger partial charge in [-0.1, -0.05) is 18.2 Å². The number of carbonyl (C=O) groups is 1. The lowest BCUT2D eigenvalue weighted by Gasteiger charge is -2.04. The third-order valence-corrected chi connectivity index (χ3v) is 2.26. The zero-order chi connectivity index (χ0) is 11.4. The van der Waals surface area contributed by atoms with E-state index in [4.69, 9.17) is 4.74 Å². The van der Waals surface area contributed by atoms with Gasteiger partial charge in [0.15, 0.2) is 6.29 Å². The number of carbonyl (C=O) groups excluding carboxylic acids is 1. The number of aldehydes is 1. The fraction of sp³-hybridized carbons (Fsp3) is 0.0769. The van der Waals surface area contributed by atoms with Crippen LogP contribution in [0.2, 0.25) is 0 Å². The highest BCUT2D eigenvalue weighted by molar-refractivity contribution is 5.74. The number of aromatic nitrogens is 1. The first kappa shape index (κ1) is 10.4. The fourth-order valence-corrected chi connectivity index (χ4v) is 1.46. The zero-order valence-corrected chi connectivity index (χ0v) is 8.88. The smallest absolute Gasteiger partial charge is 0.168 e. The van der Waals surface area contributed by atoms with Gasteiger partial charge in [0.25, 0.3) is 0 Å². The second kappa shape index (κ2) is 4.57. The number of ether oxygens (including phenoxy) is 1. The number of nitrogens with zero attached hydrogens (tertiary/aromatic N) is 1. The summed E-state index contributed by atoms with van der Waals surface area (Å²) in [6.07, 6.45) is 0.740. The van der Waals surface area contributed by atoms with Crippen LogP contribution in [0, 0.1) is 0 Å². The highest BCUT2D eigenvalue weighted by Crippen LogP contribution is 2.21. The molecule has 0 radical (unpaired) electrons. The van der Waals surface area contributed by atoms with E-state index in [1.807, 2.05) is 36.4 Å². The van der Waals surface area contributed by atoms with Crippen molar-refractivity contribution < 1.29 is 9.53 Å². The van der Waals surface area contributed by atoms with Crippen molar-refractivity contribution in [2.24, 2.45) is 0 Å². The molecule has 3 nitrogen and oxygen atoms in total. The summed E-state index contributed by atoms with van der Waals surface area (Å²) >= 11 is 0. The molecule has 0 atom stereocenters. The number of methoxy groups -OCH3 is 1. The molecule has 0 bridgehead atoms. The second-order valence-corrected chi connectivity index (χ2v) is 3.30. The molecule has 16 heavy (non-hydrogen) atoms. The maximum atomic E-state index is 10.6. The second-order valence-electron chi connectivity index (χ2n) is 3.30. The largest absolute Gasteiger partial charge is 0.497 e. The molecule has 0 amide bonds. The van der Waals surface area contributed by atoms with Crippen molar-refractivity contribution in [2.45, 2.75) is 0 Å². The first-order valence-corrected chi connectivity index (χ1v) is 4.90. The van der Waals surface area contributed by atoms with Crippen molar-refractivity contribution in [2.75, 3.05) is 7.11 Å². The van der Waals surface area contributed by atoms with Gasteiger partial charge >= 0.3 is 0 Å². The van der Waals surface area contributed by atoms with Crippen LogP contribution in [-0.2, 0) is 0 Å². The summed E-state index contributed by atoms with van der Waals surface area (Å²) in [5.41, 5.74) is 2.13. The number of rotatable bonds is 3. The van der Waals surface area contributed by atoms with Crippen molar-refractivity contribution in [3.05, 3.63) is 48.2 Å². The molecule has 0 saturated carbocycles. The number of hydrogen-bond donors (Lipinski definition) is 0. The van der Waals surface area contributed by atoms with Crippen LogP contribution in [0.3, 0.4) is 0 Å². The van der Waals surface area contributed by atoms with E-state index in [-0.39, 0.29) is 0 Å². The van der Waals surface area contributed by atoms with Gasteiger partial charge in [-0.3, -0.25) is 4.79 Å². The molecule has 80 valence electrons. The topological polar surface area (TPSA) is 39.2 Å². The van der Waals surface area contributed by atoms with Gasteiger partial charge in [0.2, 0.25) is 0 Å². The molecule has 3 heteroatoms. The number of benzene rings is 1. The summed E-state index contributed by atoms with van der Waals surface area (Å²) in [6.45, 7) is 0. The number of hydrogen-bond acceptors (Lipinski definition) is 3. The minimum absolute atomic E-state index is 0.431. The SMILES string of the molecule is COc1cccc(-c2cccc(C=O)n2)c1. The lowest BCUT2D eigenvalue weighted by atomic mass is 10.1. The maximum Gasteiger partial charge on any atom is 0.168 e.